The van der Waals surface area contributed by atoms with E-state index in [0.717, 1.165) is 5.69 Å². The number of aromatic nitrogens is 2. The lowest BCUT2D eigenvalue weighted by molar-refractivity contribution is 0.102. The minimum Gasteiger partial charge on any atom is -0.454 e. The van der Waals surface area contributed by atoms with Crippen molar-refractivity contribution in [2.75, 3.05) is 17.4 Å². The number of hydrogen-bond donors (Lipinski definition) is 2. The Hall–Kier alpha value is -3.13. The van der Waals surface area contributed by atoms with Crippen LogP contribution in [0.25, 0.3) is 0 Å². The Balaban J connectivity index is 1.45. The summed E-state index contributed by atoms with van der Waals surface area (Å²) in [4.78, 5) is 20.6. The summed E-state index contributed by atoms with van der Waals surface area (Å²) in [6.45, 7) is 0.197. The first-order valence-corrected chi connectivity index (χ1v) is 7.99. The second-order valence-electron chi connectivity index (χ2n) is 4.93. The molecule has 120 valence electrons. The minimum absolute atomic E-state index is 0.197. The summed E-state index contributed by atoms with van der Waals surface area (Å²) in [7, 11) is 0. The van der Waals surface area contributed by atoms with Gasteiger partial charge < -0.3 is 20.1 Å². The van der Waals surface area contributed by atoms with E-state index in [4.69, 9.17) is 9.47 Å². The largest absolute Gasteiger partial charge is 0.454 e. The molecule has 0 radical (unpaired) electrons. The van der Waals surface area contributed by atoms with Gasteiger partial charge in [0.05, 0.1) is 11.9 Å². The van der Waals surface area contributed by atoms with Crippen molar-refractivity contribution in [1.29, 1.82) is 0 Å². The Bertz CT molecular complexity index is 882. The van der Waals surface area contributed by atoms with Gasteiger partial charge in [-0.25, -0.2) is 4.98 Å². The van der Waals surface area contributed by atoms with E-state index in [-0.39, 0.29) is 12.7 Å². The normalized spacial score (nSPS) is 12.0. The molecular weight excluding hydrogens is 328 g/mol. The van der Waals surface area contributed by atoms with Gasteiger partial charge in [0.1, 0.15) is 5.69 Å². The Kier molecular flexibility index (Phi) is 3.72. The van der Waals surface area contributed by atoms with Crippen molar-refractivity contribution in [2.45, 2.75) is 0 Å². The Labute approximate surface area is 141 Å². The van der Waals surface area contributed by atoms with Crippen LogP contribution in [0.15, 0.2) is 48.1 Å². The van der Waals surface area contributed by atoms with Gasteiger partial charge in [-0.2, -0.15) is 0 Å². The third-order valence-corrected chi connectivity index (χ3v) is 4.04. The van der Waals surface area contributed by atoms with Crippen LogP contribution in [0.2, 0.25) is 0 Å². The van der Waals surface area contributed by atoms with Crippen LogP contribution in [0.3, 0.4) is 0 Å². The average Bonchev–Trinajstić information content (AvgIpc) is 3.24. The first-order valence-electron chi connectivity index (χ1n) is 7.11. The maximum absolute atomic E-state index is 12.3. The van der Waals surface area contributed by atoms with E-state index in [0.29, 0.717) is 28.0 Å². The Morgan fingerprint density at radius 3 is 2.96 bits per heavy atom. The van der Waals surface area contributed by atoms with Crippen molar-refractivity contribution in [1.82, 2.24) is 9.97 Å². The van der Waals surface area contributed by atoms with Gasteiger partial charge in [-0.3, -0.25) is 9.78 Å². The molecule has 0 saturated heterocycles. The van der Waals surface area contributed by atoms with E-state index in [1.54, 1.807) is 36.0 Å². The molecule has 0 aliphatic carbocycles. The van der Waals surface area contributed by atoms with Crippen molar-refractivity contribution in [2.24, 2.45) is 0 Å². The lowest BCUT2D eigenvalue weighted by Gasteiger charge is -2.04. The van der Waals surface area contributed by atoms with Gasteiger partial charge in [-0.05, 0) is 24.3 Å². The van der Waals surface area contributed by atoms with Gasteiger partial charge in [0.25, 0.3) is 5.91 Å². The third kappa shape index (κ3) is 2.99. The molecule has 1 amide bonds. The number of hydrogen-bond acceptors (Lipinski definition) is 7. The van der Waals surface area contributed by atoms with Crippen LogP contribution < -0.4 is 20.1 Å². The number of carbonyl (C=O) groups excluding carboxylic acids is 1. The van der Waals surface area contributed by atoms with E-state index in [2.05, 4.69) is 20.6 Å². The van der Waals surface area contributed by atoms with Crippen LogP contribution in [0, 0.1) is 0 Å². The maximum Gasteiger partial charge on any atom is 0.275 e. The maximum atomic E-state index is 12.3. The number of fused-ring (bicyclic) bond motifs is 1. The molecule has 0 bridgehead atoms. The topological polar surface area (TPSA) is 85.4 Å². The molecular formula is C16H12N4O3S. The molecule has 1 aliphatic heterocycles. The minimum atomic E-state index is -0.288. The first kappa shape index (κ1) is 14.5. The van der Waals surface area contributed by atoms with Crippen LogP contribution >= 0.6 is 11.3 Å². The zero-order chi connectivity index (χ0) is 16.4. The monoisotopic (exact) mass is 340 g/mol. The van der Waals surface area contributed by atoms with E-state index in [9.17, 15) is 4.79 Å². The van der Waals surface area contributed by atoms with Crippen molar-refractivity contribution >= 4 is 33.8 Å². The summed E-state index contributed by atoms with van der Waals surface area (Å²) in [5, 5.41) is 8.22. The van der Waals surface area contributed by atoms with Crippen molar-refractivity contribution in [3.63, 3.8) is 0 Å². The van der Waals surface area contributed by atoms with Gasteiger partial charge >= 0.3 is 0 Å². The van der Waals surface area contributed by atoms with Crippen molar-refractivity contribution in [3.05, 3.63) is 53.8 Å². The number of nitrogens with one attached hydrogen (secondary N) is 2. The number of nitrogens with zero attached hydrogens (tertiary/aromatic N) is 2. The number of pyridine rings is 1. The fourth-order valence-electron chi connectivity index (χ4n) is 2.17. The second-order valence-corrected chi connectivity index (χ2v) is 5.78. The highest BCUT2D eigenvalue weighted by molar-refractivity contribution is 7.14. The van der Waals surface area contributed by atoms with Crippen LogP contribution in [-0.2, 0) is 0 Å². The molecule has 1 aliphatic rings. The van der Waals surface area contributed by atoms with Crippen LogP contribution in [0.1, 0.15) is 10.5 Å². The molecule has 0 spiro atoms. The predicted octanol–water partition coefficient (Wildman–Crippen LogP) is 3.26. The van der Waals surface area contributed by atoms with Gasteiger partial charge in [0.2, 0.25) is 6.79 Å². The molecule has 7 nitrogen and oxygen atoms in total. The zero-order valence-corrected chi connectivity index (χ0v) is 13.2. The summed E-state index contributed by atoms with van der Waals surface area (Å²) < 4.78 is 10.5. The molecule has 1 aromatic carbocycles. The molecule has 3 heterocycles. The number of anilines is 3. The van der Waals surface area contributed by atoms with Gasteiger partial charge in [0, 0.05) is 23.3 Å². The van der Waals surface area contributed by atoms with Crippen LogP contribution in [0.4, 0.5) is 16.5 Å². The Morgan fingerprint density at radius 2 is 2.08 bits per heavy atom. The van der Waals surface area contributed by atoms with E-state index in [1.807, 2.05) is 12.1 Å². The van der Waals surface area contributed by atoms with Crippen molar-refractivity contribution in [3.8, 4) is 11.5 Å². The third-order valence-electron chi connectivity index (χ3n) is 3.28. The standard InChI is InChI=1S/C16H12N4O3S/c21-15(18-10-3-4-13-14(6-10)23-9-22-13)12-8-24-16(20-12)19-11-2-1-5-17-7-11/h1-8H,9H2,(H,18,21)(H,19,20). The number of thiazole rings is 1. The lowest BCUT2D eigenvalue weighted by Crippen LogP contribution is -2.12. The molecule has 0 saturated carbocycles. The summed E-state index contributed by atoms with van der Waals surface area (Å²) in [5.41, 5.74) is 1.78. The summed E-state index contributed by atoms with van der Waals surface area (Å²) in [5.74, 6) is 0.999. The van der Waals surface area contributed by atoms with Crippen molar-refractivity contribution < 1.29 is 14.3 Å². The second kappa shape index (κ2) is 6.17. The van der Waals surface area contributed by atoms with Gasteiger partial charge in [-0.1, -0.05) is 0 Å². The lowest BCUT2D eigenvalue weighted by atomic mass is 10.2. The molecule has 0 fully saturated rings. The zero-order valence-electron chi connectivity index (χ0n) is 12.4. The SMILES string of the molecule is O=C(Nc1ccc2c(c1)OCO2)c1csc(Nc2cccnc2)n1. The number of benzene rings is 1. The van der Waals surface area contributed by atoms with E-state index in [1.165, 1.54) is 11.3 Å². The van der Waals surface area contributed by atoms with Gasteiger partial charge in [-0.15, -0.1) is 11.3 Å². The quantitative estimate of drug-likeness (QED) is 0.758. The Morgan fingerprint density at radius 1 is 1.17 bits per heavy atom. The molecule has 3 aromatic rings. The number of ether oxygens (including phenoxy) is 2. The summed E-state index contributed by atoms with van der Waals surface area (Å²) in [6.07, 6.45) is 3.38. The average molecular weight is 340 g/mol. The van der Waals surface area contributed by atoms with Crippen LogP contribution in [-0.4, -0.2) is 22.7 Å². The highest BCUT2D eigenvalue weighted by Crippen LogP contribution is 2.34. The number of carbonyl (C=O) groups is 1. The molecule has 2 N–H and O–H groups in total. The van der Waals surface area contributed by atoms with E-state index >= 15 is 0 Å². The molecule has 0 unspecified atom stereocenters. The molecule has 8 heteroatoms. The fourth-order valence-corrected chi connectivity index (χ4v) is 2.88. The fraction of sp³-hybridized carbons (Fsp3) is 0.0625. The first-order chi connectivity index (χ1) is 11.8. The molecule has 24 heavy (non-hydrogen) atoms. The molecule has 0 atom stereocenters. The predicted molar refractivity (Wildman–Crippen MR) is 90.2 cm³/mol. The van der Waals surface area contributed by atoms with Gasteiger partial charge in [0.15, 0.2) is 16.6 Å². The highest BCUT2D eigenvalue weighted by atomic mass is 32.1. The summed E-state index contributed by atoms with van der Waals surface area (Å²) >= 11 is 1.35. The van der Waals surface area contributed by atoms with E-state index < -0.39 is 0 Å². The van der Waals surface area contributed by atoms with Crippen LogP contribution in [0.5, 0.6) is 11.5 Å². The smallest absolute Gasteiger partial charge is 0.275 e. The molecule has 2 aromatic heterocycles. The summed E-state index contributed by atoms with van der Waals surface area (Å²) in [6, 6.07) is 8.94. The molecule has 4 rings (SSSR count). The number of amides is 1. The number of rotatable bonds is 4. The highest BCUT2D eigenvalue weighted by Gasteiger charge is 2.16.